The van der Waals surface area contributed by atoms with Crippen LogP contribution in [-0.2, 0) is 11.8 Å². The smallest absolute Gasteiger partial charge is 0.221 e. The van der Waals surface area contributed by atoms with Crippen LogP contribution in [0, 0.1) is 10.6 Å². The average Bonchev–Trinajstić information content (AvgIpc) is 2.16. The maximum absolute atomic E-state index is 10.8. The molecule has 1 amide bonds. The molecule has 4 nitrogen and oxygen atoms in total. The molecule has 5 heteroatoms. The van der Waals surface area contributed by atoms with Crippen LogP contribution in [0.2, 0.25) is 0 Å². The van der Waals surface area contributed by atoms with Crippen molar-refractivity contribution in [1.82, 2.24) is 9.78 Å². The van der Waals surface area contributed by atoms with Gasteiger partial charge in [-0.3, -0.25) is 9.48 Å². The van der Waals surface area contributed by atoms with Crippen LogP contribution in [0.15, 0.2) is 0 Å². The van der Waals surface area contributed by atoms with Crippen molar-refractivity contribution in [3.8, 4) is 0 Å². The Morgan fingerprint density at radius 2 is 2.25 bits per heavy atom. The van der Waals surface area contributed by atoms with Crippen molar-refractivity contribution in [1.29, 1.82) is 0 Å². The van der Waals surface area contributed by atoms with Crippen molar-refractivity contribution in [3.63, 3.8) is 0 Å². The molecule has 0 saturated heterocycles. The molecule has 0 fully saturated rings. The normalized spacial score (nSPS) is 10.0. The number of aryl methyl sites for hydroxylation is 2. The summed E-state index contributed by atoms with van der Waals surface area (Å²) in [5.41, 5.74) is 1.66. The van der Waals surface area contributed by atoms with E-state index >= 15 is 0 Å². The molecule has 0 aliphatic rings. The summed E-state index contributed by atoms with van der Waals surface area (Å²) in [6.45, 7) is 3.36. The van der Waals surface area contributed by atoms with Gasteiger partial charge in [-0.2, -0.15) is 5.10 Å². The van der Waals surface area contributed by atoms with E-state index in [0.29, 0.717) is 0 Å². The van der Waals surface area contributed by atoms with Crippen molar-refractivity contribution in [2.45, 2.75) is 13.8 Å². The second-order valence-corrected chi connectivity index (χ2v) is 3.58. The van der Waals surface area contributed by atoms with Gasteiger partial charge in [-0.15, -0.1) is 0 Å². The summed E-state index contributed by atoms with van der Waals surface area (Å²) in [7, 11) is 1.85. The van der Waals surface area contributed by atoms with Gasteiger partial charge in [0.1, 0.15) is 3.70 Å². The monoisotopic (exact) mass is 279 g/mol. The third-order valence-electron chi connectivity index (χ3n) is 1.45. The topological polar surface area (TPSA) is 46.9 Å². The minimum absolute atomic E-state index is 0.0657. The van der Waals surface area contributed by atoms with Crippen molar-refractivity contribution in [3.05, 3.63) is 9.39 Å². The van der Waals surface area contributed by atoms with Crippen LogP contribution >= 0.6 is 22.6 Å². The molecule has 0 spiro atoms. The van der Waals surface area contributed by atoms with Gasteiger partial charge in [-0.05, 0) is 29.5 Å². The van der Waals surface area contributed by atoms with Gasteiger partial charge in [0.25, 0.3) is 0 Å². The fourth-order valence-electron chi connectivity index (χ4n) is 0.948. The van der Waals surface area contributed by atoms with Gasteiger partial charge in [0.05, 0.1) is 11.4 Å². The number of amides is 1. The van der Waals surface area contributed by atoms with Crippen molar-refractivity contribution in [2.75, 3.05) is 5.32 Å². The molecule has 0 bridgehead atoms. The highest BCUT2D eigenvalue weighted by Crippen LogP contribution is 2.20. The molecule has 12 heavy (non-hydrogen) atoms. The van der Waals surface area contributed by atoms with E-state index in [2.05, 4.69) is 33.0 Å². The summed E-state index contributed by atoms with van der Waals surface area (Å²) in [5.74, 6) is -0.0657. The van der Waals surface area contributed by atoms with Crippen LogP contribution in [0.3, 0.4) is 0 Å². The molecule has 1 rings (SSSR count). The lowest BCUT2D eigenvalue weighted by Crippen LogP contribution is -2.07. The van der Waals surface area contributed by atoms with E-state index in [1.807, 2.05) is 14.0 Å². The number of carbonyl (C=O) groups excluding carboxylic acids is 1. The Kier molecular flexibility index (Phi) is 2.71. The number of hydrogen-bond acceptors (Lipinski definition) is 2. The standard InChI is InChI=1S/C7H10IN3O/c1-4-6(9-5(2)12)7(8)11(3)10-4/h1-3H3,(H,9,12). The second-order valence-electron chi connectivity index (χ2n) is 2.56. The SMILES string of the molecule is CC(=O)Nc1c(C)nn(C)c1I. The van der Waals surface area contributed by atoms with E-state index < -0.39 is 0 Å². The van der Waals surface area contributed by atoms with E-state index in [4.69, 9.17) is 0 Å². The second kappa shape index (κ2) is 3.42. The first-order chi connectivity index (χ1) is 5.52. The lowest BCUT2D eigenvalue weighted by Gasteiger charge is -1.99. The lowest BCUT2D eigenvalue weighted by molar-refractivity contribution is -0.114. The van der Waals surface area contributed by atoms with Gasteiger partial charge >= 0.3 is 0 Å². The molecule has 1 N–H and O–H groups in total. The van der Waals surface area contributed by atoms with Crippen LogP contribution in [0.25, 0.3) is 0 Å². The minimum Gasteiger partial charge on any atom is -0.323 e. The van der Waals surface area contributed by atoms with Crippen LogP contribution in [0.5, 0.6) is 0 Å². The summed E-state index contributed by atoms with van der Waals surface area (Å²) >= 11 is 2.14. The third-order valence-corrected chi connectivity index (χ3v) is 2.69. The largest absolute Gasteiger partial charge is 0.323 e. The number of nitrogens with zero attached hydrogens (tertiary/aromatic N) is 2. The van der Waals surface area contributed by atoms with Gasteiger partial charge < -0.3 is 5.32 Å². The van der Waals surface area contributed by atoms with Crippen molar-refractivity contribution < 1.29 is 4.79 Å². The lowest BCUT2D eigenvalue weighted by atomic mass is 10.4. The first kappa shape index (κ1) is 9.50. The zero-order valence-electron chi connectivity index (χ0n) is 7.18. The number of anilines is 1. The Labute approximate surface area is 84.5 Å². The molecule has 1 aromatic rings. The molecule has 1 aromatic heterocycles. The molecule has 0 aliphatic heterocycles. The number of halogens is 1. The molecule has 1 heterocycles. The zero-order chi connectivity index (χ0) is 9.30. The van der Waals surface area contributed by atoms with Crippen LogP contribution in [-0.4, -0.2) is 15.7 Å². The third kappa shape index (κ3) is 1.77. The number of rotatable bonds is 1. The van der Waals surface area contributed by atoms with Gasteiger partial charge in [0, 0.05) is 14.0 Å². The van der Waals surface area contributed by atoms with Crippen LogP contribution in [0.4, 0.5) is 5.69 Å². The Morgan fingerprint density at radius 1 is 1.67 bits per heavy atom. The van der Waals surface area contributed by atoms with E-state index in [1.165, 1.54) is 6.92 Å². The molecule has 0 aliphatic carbocycles. The first-order valence-corrected chi connectivity index (χ1v) is 4.57. The number of hydrogen-bond donors (Lipinski definition) is 1. The molecule has 0 unspecified atom stereocenters. The Balaban J connectivity index is 3.05. The fourth-order valence-corrected chi connectivity index (χ4v) is 1.58. The number of carbonyl (C=O) groups is 1. The highest BCUT2D eigenvalue weighted by molar-refractivity contribution is 14.1. The van der Waals surface area contributed by atoms with Crippen LogP contribution < -0.4 is 5.32 Å². The first-order valence-electron chi connectivity index (χ1n) is 3.49. The minimum atomic E-state index is -0.0657. The summed E-state index contributed by atoms with van der Waals surface area (Å²) in [6.07, 6.45) is 0. The van der Waals surface area contributed by atoms with Gasteiger partial charge in [-0.1, -0.05) is 0 Å². The highest BCUT2D eigenvalue weighted by Gasteiger charge is 2.10. The molecule has 0 atom stereocenters. The molecule has 0 radical (unpaired) electrons. The Bertz CT molecular complexity index is 319. The van der Waals surface area contributed by atoms with E-state index in [-0.39, 0.29) is 5.91 Å². The maximum atomic E-state index is 10.8. The summed E-state index contributed by atoms with van der Waals surface area (Å²) in [6, 6.07) is 0. The predicted molar refractivity (Wildman–Crippen MR) is 55.0 cm³/mol. The molecule has 0 saturated carbocycles. The van der Waals surface area contributed by atoms with Crippen molar-refractivity contribution >= 4 is 34.2 Å². The highest BCUT2D eigenvalue weighted by atomic mass is 127. The molecule has 0 aromatic carbocycles. The maximum Gasteiger partial charge on any atom is 0.221 e. The fraction of sp³-hybridized carbons (Fsp3) is 0.429. The summed E-state index contributed by atoms with van der Waals surface area (Å²) < 4.78 is 2.68. The zero-order valence-corrected chi connectivity index (χ0v) is 9.34. The summed E-state index contributed by atoms with van der Waals surface area (Å²) in [5, 5.41) is 6.89. The van der Waals surface area contributed by atoms with E-state index in [1.54, 1.807) is 4.68 Å². The predicted octanol–water partition coefficient (Wildman–Crippen LogP) is 1.29. The average molecular weight is 279 g/mol. The molecule has 66 valence electrons. The summed E-state index contributed by atoms with van der Waals surface area (Å²) in [4.78, 5) is 10.8. The number of aromatic nitrogens is 2. The Morgan fingerprint density at radius 3 is 2.58 bits per heavy atom. The van der Waals surface area contributed by atoms with E-state index in [9.17, 15) is 4.79 Å². The van der Waals surface area contributed by atoms with Crippen molar-refractivity contribution in [2.24, 2.45) is 7.05 Å². The number of nitrogens with one attached hydrogen (secondary N) is 1. The Hall–Kier alpha value is -0.590. The quantitative estimate of drug-likeness (QED) is 0.787. The van der Waals surface area contributed by atoms with Crippen LogP contribution in [0.1, 0.15) is 12.6 Å². The van der Waals surface area contributed by atoms with Gasteiger partial charge in [-0.25, -0.2) is 0 Å². The molecular weight excluding hydrogens is 269 g/mol. The van der Waals surface area contributed by atoms with Gasteiger partial charge in [0.15, 0.2) is 0 Å². The van der Waals surface area contributed by atoms with E-state index in [0.717, 1.165) is 15.1 Å². The van der Waals surface area contributed by atoms with Gasteiger partial charge in [0.2, 0.25) is 5.91 Å². The molecular formula is C7H10IN3O.